The smallest absolute Gasteiger partial charge is 0.255 e. The highest BCUT2D eigenvalue weighted by atomic mass is 16.3. The molecule has 20 heavy (non-hydrogen) atoms. The van der Waals surface area contributed by atoms with Gasteiger partial charge in [0.25, 0.3) is 5.91 Å². The van der Waals surface area contributed by atoms with Gasteiger partial charge in [-0.1, -0.05) is 31.2 Å². The average Bonchev–Trinajstić information content (AvgIpc) is 3.25. The first-order valence-electron chi connectivity index (χ1n) is 7.13. The van der Waals surface area contributed by atoms with Gasteiger partial charge in [-0.3, -0.25) is 4.79 Å². The molecule has 0 aromatic heterocycles. The summed E-state index contributed by atoms with van der Waals surface area (Å²) in [6.45, 7) is 2.86. The molecule has 1 aliphatic carbocycles. The van der Waals surface area contributed by atoms with Gasteiger partial charge in [-0.2, -0.15) is 0 Å². The molecule has 3 heteroatoms. The first-order valence-corrected chi connectivity index (χ1v) is 7.13. The number of amides is 1. The number of carbonyl (C=O) groups is 1. The Morgan fingerprint density at radius 3 is 2.50 bits per heavy atom. The molecule has 0 saturated heterocycles. The maximum atomic E-state index is 12.2. The first-order chi connectivity index (χ1) is 9.63. The Bertz CT molecular complexity index is 659. The molecule has 0 spiro atoms. The number of rotatable bonds is 4. The predicted molar refractivity (Wildman–Crippen MR) is 79.9 cm³/mol. The quantitative estimate of drug-likeness (QED) is 0.893. The summed E-state index contributed by atoms with van der Waals surface area (Å²) >= 11 is 0. The van der Waals surface area contributed by atoms with Crippen LogP contribution >= 0.6 is 0 Å². The lowest BCUT2D eigenvalue weighted by Gasteiger charge is -2.14. The van der Waals surface area contributed by atoms with Crippen LogP contribution in [0.25, 0.3) is 10.8 Å². The second-order valence-electron chi connectivity index (χ2n) is 5.75. The van der Waals surface area contributed by atoms with Crippen LogP contribution in [0, 0.1) is 5.41 Å². The Kier molecular flexibility index (Phi) is 3.13. The van der Waals surface area contributed by atoms with Crippen molar-refractivity contribution in [2.45, 2.75) is 26.2 Å². The third kappa shape index (κ3) is 2.36. The Balaban J connectivity index is 1.82. The Morgan fingerprint density at radius 2 is 1.90 bits per heavy atom. The van der Waals surface area contributed by atoms with Crippen molar-refractivity contribution in [3.63, 3.8) is 0 Å². The maximum absolute atomic E-state index is 12.2. The second-order valence-corrected chi connectivity index (χ2v) is 5.75. The van der Waals surface area contributed by atoms with E-state index in [0.717, 1.165) is 17.2 Å². The molecule has 0 aliphatic heterocycles. The predicted octanol–water partition coefficient (Wildman–Crippen LogP) is 3.47. The topological polar surface area (TPSA) is 49.3 Å². The SMILES string of the molecule is CCC1(CNC(=O)c2cc3ccccc3cc2O)CC1. The van der Waals surface area contributed by atoms with Crippen LogP contribution < -0.4 is 5.32 Å². The van der Waals surface area contributed by atoms with E-state index in [2.05, 4.69) is 12.2 Å². The number of phenolic OH excluding ortho intramolecular Hbond substituents is 1. The fourth-order valence-electron chi connectivity index (χ4n) is 2.61. The third-order valence-corrected chi connectivity index (χ3v) is 4.44. The highest BCUT2D eigenvalue weighted by Gasteiger charge is 2.40. The lowest BCUT2D eigenvalue weighted by Crippen LogP contribution is -2.30. The first kappa shape index (κ1) is 13.0. The van der Waals surface area contributed by atoms with Crippen molar-refractivity contribution >= 4 is 16.7 Å². The van der Waals surface area contributed by atoms with E-state index in [1.165, 1.54) is 12.8 Å². The minimum absolute atomic E-state index is 0.0440. The molecular formula is C17H19NO2. The van der Waals surface area contributed by atoms with Crippen molar-refractivity contribution in [2.24, 2.45) is 5.41 Å². The second kappa shape index (κ2) is 4.82. The summed E-state index contributed by atoms with van der Waals surface area (Å²) in [4.78, 5) is 12.2. The van der Waals surface area contributed by atoms with E-state index in [-0.39, 0.29) is 11.7 Å². The summed E-state index contributed by atoms with van der Waals surface area (Å²) in [6.07, 6.45) is 3.47. The van der Waals surface area contributed by atoms with Gasteiger partial charge < -0.3 is 10.4 Å². The molecule has 1 fully saturated rings. The summed E-state index contributed by atoms with van der Waals surface area (Å²) in [7, 11) is 0. The van der Waals surface area contributed by atoms with Crippen molar-refractivity contribution < 1.29 is 9.90 Å². The van der Waals surface area contributed by atoms with E-state index in [4.69, 9.17) is 0 Å². The minimum Gasteiger partial charge on any atom is -0.507 e. The summed E-state index contributed by atoms with van der Waals surface area (Å²) in [6, 6.07) is 11.1. The van der Waals surface area contributed by atoms with Crippen LogP contribution in [0.1, 0.15) is 36.5 Å². The normalized spacial score (nSPS) is 16.1. The van der Waals surface area contributed by atoms with Gasteiger partial charge in [0, 0.05) is 6.54 Å². The monoisotopic (exact) mass is 269 g/mol. The van der Waals surface area contributed by atoms with Crippen LogP contribution in [0.4, 0.5) is 0 Å². The molecule has 0 unspecified atom stereocenters. The van der Waals surface area contributed by atoms with E-state index >= 15 is 0 Å². The summed E-state index contributed by atoms with van der Waals surface area (Å²) in [5.41, 5.74) is 0.665. The maximum Gasteiger partial charge on any atom is 0.255 e. The number of phenols is 1. The Labute approximate surface area is 118 Å². The van der Waals surface area contributed by atoms with Crippen molar-refractivity contribution in [2.75, 3.05) is 6.54 Å². The highest BCUT2D eigenvalue weighted by molar-refractivity contribution is 6.01. The van der Waals surface area contributed by atoms with Crippen molar-refractivity contribution in [3.05, 3.63) is 42.0 Å². The number of carbonyl (C=O) groups excluding carboxylic acids is 1. The van der Waals surface area contributed by atoms with E-state index in [1.54, 1.807) is 12.1 Å². The summed E-state index contributed by atoms with van der Waals surface area (Å²) in [5, 5.41) is 14.9. The molecule has 104 valence electrons. The van der Waals surface area contributed by atoms with Gasteiger partial charge in [-0.05, 0) is 47.6 Å². The Morgan fingerprint density at radius 1 is 1.25 bits per heavy atom. The van der Waals surface area contributed by atoms with Gasteiger partial charge in [-0.15, -0.1) is 0 Å². The van der Waals surface area contributed by atoms with Crippen LogP contribution in [-0.4, -0.2) is 17.6 Å². The largest absolute Gasteiger partial charge is 0.507 e. The van der Waals surface area contributed by atoms with Gasteiger partial charge in [-0.25, -0.2) is 0 Å². The molecule has 3 rings (SSSR count). The fourth-order valence-corrected chi connectivity index (χ4v) is 2.61. The van der Waals surface area contributed by atoms with Crippen LogP contribution in [0.5, 0.6) is 5.75 Å². The summed E-state index contributed by atoms with van der Waals surface area (Å²) in [5.74, 6) is -0.143. The van der Waals surface area contributed by atoms with E-state index in [1.807, 2.05) is 24.3 Å². The van der Waals surface area contributed by atoms with Gasteiger partial charge in [0.2, 0.25) is 0 Å². The zero-order chi connectivity index (χ0) is 14.2. The number of hydrogen-bond donors (Lipinski definition) is 2. The molecule has 2 aromatic rings. The van der Waals surface area contributed by atoms with Gasteiger partial charge in [0.15, 0.2) is 0 Å². The minimum atomic E-state index is -0.187. The number of hydrogen-bond acceptors (Lipinski definition) is 2. The van der Waals surface area contributed by atoms with Crippen molar-refractivity contribution in [3.8, 4) is 5.75 Å². The number of nitrogens with one attached hydrogen (secondary N) is 1. The van der Waals surface area contributed by atoms with Gasteiger partial charge >= 0.3 is 0 Å². The average molecular weight is 269 g/mol. The van der Waals surface area contributed by atoms with Crippen LogP contribution in [0.15, 0.2) is 36.4 Å². The zero-order valence-corrected chi connectivity index (χ0v) is 11.6. The zero-order valence-electron chi connectivity index (χ0n) is 11.6. The number of aromatic hydroxyl groups is 1. The molecule has 2 N–H and O–H groups in total. The molecule has 0 atom stereocenters. The number of benzene rings is 2. The van der Waals surface area contributed by atoms with E-state index in [9.17, 15) is 9.90 Å². The fraction of sp³-hybridized carbons (Fsp3) is 0.353. The molecule has 1 amide bonds. The standard InChI is InChI=1S/C17H19NO2/c1-2-17(7-8-17)11-18-16(20)14-9-12-5-3-4-6-13(12)10-15(14)19/h3-6,9-10,19H,2,7-8,11H2,1H3,(H,18,20). The van der Waals surface area contributed by atoms with Gasteiger partial charge in [0.1, 0.15) is 5.75 Å². The molecule has 3 nitrogen and oxygen atoms in total. The molecule has 0 radical (unpaired) electrons. The molecule has 1 saturated carbocycles. The molecule has 1 aliphatic rings. The van der Waals surface area contributed by atoms with Crippen molar-refractivity contribution in [1.29, 1.82) is 0 Å². The number of fused-ring (bicyclic) bond motifs is 1. The summed E-state index contributed by atoms with van der Waals surface area (Å²) < 4.78 is 0. The van der Waals surface area contributed by atoms with E-state index < -0.39 is 0 Å². The molecule has 0 bridgehead atoms. The van der Waals surface area contributed by atoms with Crippen LogP contribution in [-0.2, 0) is 0 Å². The van der Waals surface area contributed by atoms with Crippen LogP contribution in [0.2, 0.25) is 0 Å². The molecular weight excluding hydrogens is 250 g/mol. The lowest BCUT2D eigenvalue weighted by molar-refractivity contribution is 0.0942. The molecule has 0 heterocycles. The Hall–Kier alpha value is -2.03. The van der Waals surface area contributed by atoms with Crippen molar-refractivity contribution in [1.82, 2.24) is 5.32 Å². The highest BCUT2D eigenvalue weighted by Crippen LogP contribution is 2.47. The van der Waals surface area contributed by atoms with E-state index in [0.29, 0.717) is 17.5 Å². The van der Waals surface area contributed by atoms with Crippen LogP contribution in [0.3, 0.4) is 0 Å². The third-order valence-electron chi connectivity index (χ3n) is 4.44. The lowest BCUT2D eigenvalue weighted by atomic mass is 10.0. The van der Waals surface area contributed by atoms with Gasteiger partial charge in [0.05, 0.1) is 5.56 Å². The molecule has 2 aromatic carbocycles.